The summed E-state index contributed by atoms with van der Waals surface area (Å²) in [6.07, 6.45) is 5.09. The number of hydrogen-bond acceptors (Lipinski definition) is 1. The second kappa shape index (κ2) is 6.71. The highest BCUT2D eigenvalue weighted by Crippen LogP contribution is 2.18. The predicted molar refractivity (Wildman–Crippen MR) is 87.6 cm³/mol. The summed E-state index contributed by atoms with van der Waals surface area (Å²) in [5, 5.41) is 0. The molecule has 2 heteroatoms. The van der Waals surface area contributed by atoms with E-state index in [1.807, 2.05) is 0 Å². The van der Waals surface area contributed by atoms with Gasteiger partial charge in [0.2, 0.25) is 0 Å². The van der Waals surface area contributed by atoms with Crippen LogP contribution in [0.3, 0.4) is 0 Å². The second-order valence-electron chi connectivity index (χ2n) is 5.38. The van der Waals surface area contributed by atoms with E-state index in [0.717, 1.165) is 12.5 Å². The Balaban J connectivity index is 1.90. The molecule has 2 rings (SSSR count). The summed E-state index contributed by atoms with van der Waals surface area (Å²) >= 11 is 2.35. The van der Waals surface area contributed by atoms with Gasteiger partial charge in [0.25, 0.3) is 0 Å². The van der Waals surface area contributed by atoms with Crippen molar-refractivity contribution in [3.05, 3.63) is 39.5 Å². The van der Waals surface area contributed by atoms with Crippen molar-refractivity contribution in [1.29, 1.82) is 0 Å². The third-order valence-electron chi connectivity index (χ3n) is 3.83. The molecule has 0 spiro atoms. The predicted octanol–water partition coefficient (Wildman–Crippen LogP) is 4.43. The lowest BCUT2D eigenvalue weighted by molar-refractivity contribution is 0.210. The van der Waals surface area contributed by atoms with Gasteiger partial charge in [-0.05, 0) is 84.6 Å². The third kappa shape index (κ3) is 4.09. The quantitative estimate of drug-likeness (QED) is 0.726. The number of rotatable bonds is 3. The first-order valence-corrected chi connectivity index (χ1v) is 7.88. The average molecular weight is 355 g/mol. The first-order valence-electron chi connectivity index (χ1n) is 6.80. The second-order valence-corrected chi connectivity index (χ2v) is 6.62. The minimum Gasteiger partial charge on any atom is -0.300 e. The Morgan fingerprint density at radius 3 is 2.50 bits per heavy atom. The molecule has 0 N–H and O–H groups in total. The van der Waals surface area contributed by atoms with Crippen molar-refractivity contribution in [2.45, 2.75) is 26.7 Å². The molecule has 0 radical (unpaired) electrons. The van der Waals surface area contributed by atoms with Crippen LogP contribution in [0.5, 0.6) is 0 Å². The zero-order valence-corrected chi connectivity index (χ0v) is 13.5. The zero-order valence-electron chi connectivity index (χ0n) is 11.3. The molecule has 1 nitrogen and oxygen atoms in total. The van der Waals surface area contributed by atoms with Gasteiger partial charge in [0.05, 0.1) is 0 Å². The number of nitrogens with zero attached hydrogens (tertiary/aromatic N) is 1. The van der Waals surface area contributed by atoms with Crippen molar-refractivity contribution in [3.63, 3.8) is 0 Å². The summed E-state index contributed by atoms with van der Waals surface area (Å²) in [7, 11) is 0. The fourth-order valence-corrected chi connectivity index (χ4v) is 2.70. The van der Waals surface area contributed by atoms with E-state index in [1.165, 1.54) is 40.6 Å². The number of benzene rings is 1. The maximum absolute atomic E-state index is 2.57. The van der Waals surface area contributed by atoms with Gasteiger partial charge in [-0.15, -0.1) is 0 Å². The van der Waals surface area contributed by atoms with Crippen LogP contribution in [-0.2, 0) is 0 Å². The van der Waals surface area contributed by atoms with E-state index in [9.17, 15) is 0 Å². The lowest BCUT2D eigenvalue weighted by Gasteiger charge is -2.29. The molecule has 0 atom stereocenters. The lowest BCUT2D eigenvalue weighted by atomic mass is 9.99. The number of piperidine rings is 1. The van der Waals surface area contributed by atoms with Crippen LogP contribution in [0.2, 0.25) is 0 Å². The van der Waals surface area contributed by atoms with E-state index < -0.39 is 0 Å². The molecule has 18 heavy (non-hydrogen) atoms. The van der Waals surface area contributed by atoms with Crippen molar-refractivity contribution in [1.82, 2.24) is 4.90 Å². The fraction of sp³-hybridized carbons (Fsp3) is 0.500. The van der Waals surface area contributed by atoms with E-state index in [4.69, 9.17) is 0 Å². The largest absolute Gasteiger partial charge is 0.300 e. The topological polar surface area (TPSA) is 3.24 Å². The highest BCUT2D eigenvalue weighted by atomic mass is 127. The van der Waals surface area contributed by atoms with Crippen LogP contribution in [0.25, 0.3) is 5.57 Å². The Morgan fingerprint density at radius 2 is 1.89 bits per heavy atom. The van der Waals surface area contributed by atoms with Gasteiger partial charge in [-0.3, -0.25) is 4.90 Å². The van der Waals surface area contributed by atoms with E-state index >= 15 is 0 Å². The normalized spacial score (nSPS) is 19.2. The maximum Gasteiger partial charge on any atom is 0.0169 e. The molecule has 1 aliphatic heterocycles. The number of halogens is 1. The van der Waals surface area contributed by atoms with E-state index in [1.54, 1.807) is 0 Å². The Kier molecular flexibility index (Phi) is 5.25. The Labute approximate surface area is 124 Å². The molecular formula is C16H22IN. The van der Waals surface area contributed by atoms with Crippen LogP contribution < -0.4 is 0 Å². The Morgan fingerprint density at radius 1 is 1.28 bits per heavy atom. The average Bonchev–Trinajstić information content (AvgIpc) is 2.38. The van der Waals surface area contributed by atoms with Crippen LogP contribution in [0.4, 0.5) is 0 Å². The molecule has 1 saturated heterocycles. The Hall–Kier alpha value is -0.350. The molecule has 98 valence electrons. The number of allylic oxidation sites excluding steroid dienone is 1. The van der Waals surface area contributed by atoms with Gasteiger partial charge in [0.15, 0.2) is 0 Å². The minimum atomic E-state index is 0.919. The summed E-state index contributed by atoms with van der Waals surface area (Å²) < 4.78 is 1.30. The summed E-state index contributed by atoms with van der Waals surface area (Å²) in [6.45, 7) is 8.21. The van der Waals surface area contributed by atoms with Crippen LogP contribution in [0, 0.1) is 9.49 Å². The van der Waals surface area contributed by atoms with Crippen LogP contribution >= 0.6 is 22.6 Å². The fourth-order valence-electron chi connectivity index (χ4n) is 2.34. The van der Waals surface area contributed by atoms with E-state index in [2.05, 4.69) is 71.7 Å². The van der Waals surface area contributed by atoms with Crippen molar-refractivity contribution in [2.24, 2.45) is 5.92 Å². The van der Waals surface area contributed by atoms with Crippen molar-refractivity contribution in [3.8, 4) is 0 Å². The van der Waals surface area contributed by atoms with Gasteiger partial charge in [0.1, 0.15) is 0 Å². The molecular weight excluding hydrogens is 333 g/mol. The molecule has 0 unspecified atom stereocenters. The smallest absolute Gasteiger partial charge is 0.0169 e. The van der Waals surface area contributed by atoms with Crippen LogP contribution in [-0.4, -0.2) is 24.5 Å². The molecule has 1 fully saturated rings. The highest BCUT2D eigenvalue weighted by Gasteiger charge is 2.14. The van der Waals surface area contributed by atoms with Gasteiger partial charge >= 0.3 is 0 Å². The SMILES string of the molecule is CC(=CCN1CCC(C)CC1)c1ccc(I)cc1. The molecule has 1 aromatic rings. The maximum atomic E-state index is 2.57. The highest BCUT2D eigenvalue weighted by molar-refractivity contribution is 14.1. The summed E-state index contributed by atoms with van der Waals surface area (Å²) in [5.41, 5.74) is 2.74. The first-order chi connectivity index (χ1) is 8.65. The van der Waals surface area contributed by atoms with Crippen LogP contribution in [0.1, 0.15) is 32.3 Å². The van der Waals surface area contributed by atoms with Gasteiger partial charge in [0, 0.05) is 10.1 Å². The zero-order chi connectivity index (χ0) is 13.0. The standard InChI is InChI=1S/C16H22IN/c1-13-7-10-18(11-8-13)12-9-14(2)15-3-5-16(17)6-4-15/h3-6,9,13H,7-8,10-12H2,1-2H3. The molecule has 0 bridgehead atoms. The van der Waals surface area contributed by atoms with Gasteiger partial charge in [-0.1, -0.05) is 25.1 Å². The monoisotopic (exact) mass is 355 g/mol. The van der Waals surface area contributed by atoms with Gasteiger partial charge in [-0.25, -0.2) is 0 Å². The number of hydrogen-bond donors (Lipinski definition) is 0. The van der Waals surface area contributed by atoms with Gasteiger partial charge < -0.3 is 0 Å². The van der Waals surface area contributed by atoms with Crippen molar-refractivity contribution >= 4 is 28.2 Å². The molecule has 0 aliphatic carbocycles. The molecule has 0 amide bonds. The summed E-state index contributed by atoms with van der Waals surface area (Å²) in [6, 6.07) is 8.78. The minimum absolute atomic E-state index is 0.919. The molecule has 0 aromatic heterocycles. The number of likely N-dealkylation sites (tertiary alicyclic amines) is 1. The molecule has 1 aromatic carbocycles. The molecule has 1 aliphatic rings. The lowest BCUT2D eigenvalue weighted by Crippen LogP contribution is -2.32. The first kappa shape index (κ1) is 14.1. The van der Waals surface area contributed by atoms with Crippen molar-refractivity contribution < 1.29 is 0 Å². The molecule has 0 saturated carbocycles. The van der Waals surface area contributed by atoms with E-state index in [-0.39, 0.29) is 0 Å². The summed E-state index contributed by atoms with van der Waals surface area (Å²) in [5.74, 6) is 0.919. The third-order valence-corrected chi connectivity index (χ3v) is 4.55. The van der Waals surface area contributed by atoms with Gasteiger partial charge in [-0.2, -0.15) is 0 Å². The van der Waals surface area contributed by atoms with Crippen molar-refractivity contribution in [2.75, 3.05) is 19.6 Å². The summed E-state index contributed by atoms with van der Waals surface area (Å²) in [4.78, 5) is 2.57. The molecule has 1 heterocycles. The Bertz CT molecular complexity index is 400. The van der Waals surface area contributed by atoms with E-state index in [0.29, 0.717) is 0 Å². The van der Waals surface area contributed by atoms with Crippen LogP contribution in [0.15, 0.2) is 30.3 Å².